The summed E-state index contributed by atoms with van der Waals surface area (Å²) in [7, 11) is 1.70. The number of hydrogen-bond acceptors (Lipinski definition) is 4. The number of carbonyl (C=O) groups excluding carboxylic acids is 1. The highest BCUT2D eigenvalue weighted by Crippen LogP contribution is 2.32. The standard InChI is InChI=1S/C16H26N2O2S/c1-4-6-8-13-16(19)18(12(5-2)11-20-3)15(17-13)14-9-7-10-21-14/h7,9-10,12-13,15,17H,4-6,8,11H2,1-3H3. The lowest BCUT2D eigenvalue weighted by Crippen LogP contribution is -2.42. The van der Waals surface area contributed by atoms with Gasteiger partial charge in [0, 0.05) is 12.0 Å². The van der Waals surface area contributed by atoms with E-state index >= 15 is 0 Å². The minimum Gasteiger partial charge on any atom is -0.383 e. The summed E-state index contributed by atoms with van der Waals surface area (Å²) in [6, 6.07) is 4.22. The fourth-order valence-corrected chi connectivity index (χ4v) is 3.69. The maximum Gasteiger partial charge on any atom is 0.241 e. The van der Waals surface area contributed by atoms with Crippen LogP contribution in [-0.4, -0.2) is 36.6 Å². The largest absolute Gasteiger partial charge is 0.383 e. The molecule has 2 rings (SSSR count). The molecule has 0 spiro atoms. The zero-order valence-corrected chi connectivity index (χ0v) is 14.0. The quantitative estimate of drug-likeness (QED) is 0.802. The average Bonchev–Trinajstić information content (AvgIpc) is 3.11. The maximum atomic E-state index is 12.8. The molecule has 0 bridgehead atoms. The van der Waals surface area contributed by atoms with Crippen LogP contribution in [0, 0.1) is 0 Å². The number of rotatable bonds is 8. The van der Waals surface area contributed by atoms with Crippen molar-refractivity contribution >= 4 is 17.2 Å². The Bertz CT molecular complexity index is 435. The van der Waals surface area contributed by atoms with Gasteiger partial charge in [0.2, 0.25) is 5.91 Å². The van der Waals surface area contributed by atoms with Gasteiger partial charge in [-0.05, 0) is 24.3 Å². The zero-order chi connectivity index (χ0) is 15.2. The third-order valence-corrected chi connectivity index (χ3v) is 5.00. The van der Waals surface area contributed by atoms with E-state index in [1.54, 1.807) is 18.4 Å². The smallest absolute Gasteiger partial charge is 0.241 e. The highest BCUT2D eigenvalue weighted by Gasteiger charge is 2.42. The second-order valence-electron chi connectivity index (χ2n) is 5.54. The van der Waals surface area contributed by atoms with E-state index in [2.05, 4.69) is 30.6 Å². The summed E-state index contributed by atoms with van der Waals surface area (Å²) in [4.78, 5) is 16.0. The lowest BCUT2D eigenvalue weighted by Gasteiger charge is -2.31. The zero-order valence-electron chi connectivity index (χ0n) is 13.2. The molecule has 0 radical (unpaired) electrons. The molecule has 21 heavy (non-hydrogen) atoms. The Morgan fingerprint density at radius 2 is 2.29 bits per heavy atom. The number of carbonyl (C=O) groups is 1. The molecule has 0 aliphatic carbocycles. The molecular weight excluding hydrogens is 284 g/mol. The summed E-state index contributed by atoms with van der Waals surface area (Å²) in [5.74, 6) is 0.228. The third-order valence-electron chi connectivity index (χ3n) is 4.07. The molecule has 1 N–H and O–H groups in total. The Balaban J connectivity index is 2.20. The molecule has 118 valence electrons. The molecule has 0 aromatic carbocycles. The van der Waals surface area contributed by atoms with Crippen molar-refractivity contribution in [2.45, 2.75) is 57.8 Å². The number of hydrogen-bond donors (Lipinski definition) is 1. The molecule has 3 atom stereocenters. The van der Waals surface area contributed by atoms with Crippen molar-refractivity contribution in [2.24, 2.45) is 0 Å². The average molecular weight is 310 g/mol. The van der Waals surface area contributed by atoms with Gasteiger partial charge in [0.15, 0.2) is 0 Å². The Morgan fingerprint density at radius 1 is 1.48 bits per heavy atom. The van der Waals surface area contributed by atoms with Gasteiger partial charge in [-0.1, -0.05) is 32.8 Å². The predicted molar refractivity (Wildman–Crippen MR) is 86.3 cm³/mol. The molecule has 3 unspecified atom stereocenters. The van der Waals surface area contributed by atoms with Gasteiger partial charge in [-0.3, -0.25) is 10.1 Å². The van der Waals surface area contributed by atoms with Crippen LogP contribution in [0.4, 0.5) is 0 Å². The topological polar surface area (TPSA) is 41.6 Å². The normalized spacial score (nSPS) is 23.8. The maximum absolute atomic E-state index is 12.8. The first-order chi connectivity index (χ1) is 10.2. The molecule has 1 aliphatic heterocycles. The van der Waals surface area contributed by atoms with Gasteiger partial charge in [0.25, 0.3) is 0 Å². The summed E-state index contributed by atoms with van der Waals surface area (Å²) in [6.07, 6.45) is 4.01. The summed E-state index contributed by atoms with van der Waals surface area (Å²) >= 11 is 1.70. The van der Waals surface area contributed by atoms with E-state index in [-0.39, 0.29) is 24.2 Å². The van der Waals surface area contributed by atoms with Gasteiger partial charge in [0.05, 0.1) is 18.7 Å². The molecule has 1 aromatic rings. The van der Waals surface area contributed by atoms with E-state index in [0.29, 0.717) is 6.61 Å². The molecule has 1 aromatic heterocycles. The molecule has 1 fully saturated rings. The SMILES string of the molecule is CCCCC1NC(c2cccs2)N(C(CC)COC)C1=O. The van der Waals surface area contributed by atoms with Crippen LogP contribution in [0.2, 0.25) is 0 Å². The van der Waals surface area contributed by atoms with Gasteiger partial charge >= 0.3 is 0 Å². The molecule has 4 nitrogen and oxygen atoms in total. The number of methoxy groups -OCH3 is 1. The van der Waals surface area contributed by atoms with Gasteiger partial charge in [-0.15, -0.1) is 11.3 Å². The van der Waals surface area contributed by atoms with Crippen molar-refractivity contribution in [1.29, 1.82) is 0 Å². The number of nitrogens with zero attached hydrogens (tertiary/aromatic N) is 1. The van der Waals surface area contributed by atoms with Crippen molar-refractivity contribution in [1.82, 2.24) is 10.2 Å². The fourth-order valence-electron chi connectivity index (χ4n) is 2.91. The minimum absolute atomic E-state index is 0.000504. The third kappa shape index (κ3) is 3.65. The molecule has 2 heterocycles. The lowest BCUT2D eigenvalue weighted by molar-refractivity contribution is -0.133. The van der Waals surface area contributed by atoms with Gasteiger partial charge in [-0.2, -0.15) is 0 Å². The Morgan fingerprint density at radius 3 is 2.86 bits per heavy atom. The minimum atomic E-state index is -0.0528. The van der Waals surface area contributed by atoms with Crippen molar-refractivity contribution in [3.05, 3.63) is 22.4 Å². The second kappa shape index (κ2) is 7.92. The second-order valence-corrected chi connectivity index (χ2v) is 6.52. The van der Waals surface area contributed by atoms with E-state index in [0.717, 1.165) is 25.7 Å². The first-order valence-electron chi connectivity index (χ1n) is 7.83. The van der Waals surface area contributed by atoms with Crippen LogP contribution in [-0.2, 0) is 9.53 Å². The summed E-state index contributed by atoms with van der Waals surface area (Å²) < 4.78 is 5.32. The van der Waals surface area contributed by atoms with E-state index < -0.39 is 0 Å². The first kappa shape index (κ1) is 16.5. The monoisotopic (exact) mass is 310 g/mol. The van der Waals surface area contributed by atoms with Crippen molar-refractivity contribution in [3.8, 4) is 0 Å². The molecule has 0 saturated carbocycles. The molecule has 1 aliphatic rings. The van der Waals surface area contributed by atoms with Crippen LogP contribution in [0.5, 0.6) is 0 Å². The van der Waals surface area contributed by atoms with E-state index in [1.165, 1.54) is 4.88 Å². The Hall–Kier alpha value is -0.910. The highest BCUT2D eigenvalue weighted by atomic mass is 32.1. The van der Waals surface area contributed by atoms with Crippen LogP contribution in [0.25, 0.3) is 0 Å². The van der Waals surface area contributed by atoms with Gasteiger partial charge < -0.3 is 9.64 Å². The van der Waals surface area contributed by atoms with Crippen molar-refractivity contribution < 1.29 is 9.53 Å². The summed E-state index contributed by atoms with van der Waals surface area (Å²) in [5.41, 5.74) is 0. The molecule has 1 amide bonds. The van der Waals surface area contributed by atoms with E-state index in [9.17, 15) is 4.79 Å². The predicted octanol–water partition coefficient (Wildman–Crippen LogP) is 3.16. The first-order valence-corrected chi connectivity index (χ1v) is 8.71. The van der Waals surface area contributed by atoms with E-state index in [4.69, 9.17) is 4.74 Å². The molecular formula is C16H26N2O2S. The number of ether oxygens (including phenoxy) is 1. The number of unbranched alkanes of at least 4 members (excludes halogenated alkanes) is 1. The number of amides is 1. The summed E-state index contributed by atoms with van der Waals surface area (Å²) in [6.45, 7) is 4.86. The summed E-state index contributed by atoms with van der Waals surface area (Å²) in [5, 5.41) is 5.60. The number of thiophene rings is 1. The van der Waals surface area contributed by atoms with Crippen LogP contribution in [0.15, 0.2) is 17.5 Å². The van der Waals surface area contributed by atoms with Crippen LogP contribution in [0.3, 0.4) is 0 Å². The Labute approximate surface area is 131 Å². The lowest BCUT2D eigenvalue weighted by atomic mass is 10.1. The fraction of sp³-hybridized carbons (Fsp3) is 0.688. The van der Waals surface area contributed by atoms with E-state index in [1.807, 2.05) is 11.0 Å². The Kier molecular flexibility index (Phi) is 6.21. The van der Waals surface area contributed by atoms with Crippen LogP contribution in [0.1, 0.15) is 50.6 Å². The van der Waals surface area contributed by atoms with Crippen molar-refractivity contribution in [3.63, 3.8) is 0 Å². The van der Waals surface area contributed by atoms with Crippen LogP contribution < -0.4 is 5.32 Å². The van der Waals surface area contributed by atoms with Crippen LogP contribution >= 0.6 is 11.3 Å². The van der Waals surface area contributed by atoms with Gasteiger partial charge in [0.1, 0.15) is 6.17 Å². The molecule has 5 heteroatoms. The number of nitrogens with one attached hydrogen (secondary N) is 1. The van der Waals surface area contributed by atoms with Crippen molar-refractivity contribution in [2.75, 3.05) is 13.7 Å². The molecule has 1 saturated heterocycles. The highest BCUT2D eigenvalue weighted by molar-refractivity contribution is 7.10. The van der Waals surface area contributed by atoms with Gasteiger partial charge in [-0.25, -0.2) is 0 Å².